The molecule has 0 aromatic heterocycles. The highest BCUT2D eigenvalue weighted by atomic mass is 16.2. The highest BCUT2D eigenvalue weighted by molar-refractivity contribution is 5.79. The zero-order valence-electron chi connectivity index (χ0n) is 15.5. The molecule has 1 aliphatic heterocycles. The van der Waals surface area contributed by atoms with Crippen LogP contribution >= 0.6 is 0 Å². The van der Waals surface area contributed by atoms with Gasteiger partial charge in [-0.05, 0) is 56.9 Å². The van der Waals surface area contributed by atoms with Crippen molar-refractivity contribution in [2.24, 2.45) is 11.8 Å². The van der Waals surface area contributed by atoms with E-state index in [0.717, 1.165) is 38.1 Å². The van der Waals surface area contributed by atoms with E-state index in [9.17, 15) is 10.1 Å². The maximum Gasteiger partial charge on any atom is 0.237 e. The molecule has 1 amide bonds. The fraction of sp³-hybridized carbons (Fsp3) is 0.900. The molecule has 1 heterocycles. The Bertz CT molecular complexity index is 490. The van der Waals surface area contributed by atoms with Gasteiger partial charge >= 0.3 is 0 Å². The SMILES string of the molecule is C[C@@H]1CCC[C@H]2CCCN(CC(=O)N(C)C3(C#N)CCCCC3)[C@H]21. The van der Waals surface area contributed by atoms with Gasteiger partial charge in [0, 0.05) is 13.1 Å². The third-order valence-electron chi connectivity index (χ3n) is 6.99. The van der Waals surface area contributed by atoms with Crippen LogP contribution in [-0.2, 0) is 4.79 Å². The number of likely N-dealkylation sites (tertiary alicyclic amines) is 1. The standard InChI is InChI=1S/C20H33N3O/c1-16-8-6-9-17-10-7-13-23(19(16)17)14-18(24)22(2)20(15-21)11-4-3-5-12-20/h16-17,19H,3-14H2,1-2H3/t16-,17+,19+/m1/s1. The van der Waals surface area contributed by atoms with Crippen molar-refractivity contribution in [3.05, 3.63) is 0 Å². The maximum atomic E-state index is 13.0. The van der Waals surface area contributed by atoms with E-state index < -0.39 is 5.54 Å². The highest BCUT2D eigenvalue weighted by Gasteiger charge is 2.42. The lowest BCUT2D eigenvalue weighted by Crippen LogP contribution is -2.57. The molecule has 1 saturated heterocycles. The number of likely N-dealkylation sites (N-methyl/N-ethyl adjacent to an activating group) is 1. The predicted molar refractivity (Wildman–Crippen MR) is 95.3 cm³/mol. The number of fused-ring (bicyclic) bond motifs is 1. The maximum absolute atomic E-state index is 13.0. The molecule has 24 heavy (non-hydrogen) atoms. The van der Waals surface area contributed by atoms with Crippen molar-refractivity contribution in [2.75, 3.05) is 20.1 Å². The van der Waals surface area contributed by atoms with Crippen molar-refractivity contribution in [1.82, 2.24) is 9.80 Å². The topological polar surface area (TPSA) is 47.3 Å². The van der Waals surface area contributed by atoms with E-state index in [1.165, 1.54) is 38.5 Å². The summed E-state index contributed by atoms with van der Waals surface area (Å²) >= 11 is 0. The van der Waals surface area contributed by atoms with Crippen LogP contribution in [0.5, 0.6) is 0 Å². The molecule has 134 valence electrons. The lowest BCUT2D eigenvalue weighted by atomic mass is 9.73. The Balaban J connectivity index is 1.68. The van der Waals surface area contributed by atoms with Crippen LogP contribution < -0.4 is 0 Å². The van der Waals surface area contributed by atoms with Crippen molar-refractivity contribution in [1.29, 1.82) is 5.26 Å². The van der Waals surface area contributed by atoms with Crippen LogP contribution in [0.1, 0.15) is 71.1 Å². The Morgan fingerprint density at radius 1 is 1.17 bits per heavy atom. The van der Waals surface area contributed by atoms with E-state index in [1.807, 2.05) is 7.05 Å². The van der Waals surface area contributed by atoms with Crippen LogP contribution in [0.15, 0.2) is 0 Å². The molecular formula is C20H33N3O. The van der Waals surface area contributed by atoms with Crippen molar-refractivity contribution < 1.29 is 4.79 Å². The minimum atomic E-state index is -0.553. The molecule has 3 fully saturated rings. The molecule has 0 aromatic rings. The molecule has 4 nitrogen and oxygen atoms in total. The van der Waals surface area contributed by atoms with Crippen LogP contribution in [-0.4, -0.2) is 47.4 Å². The summed E-state index contributed by atoms with van der Waals surface area (Å²) in [4.78, 5) is 17.2. The van der Waals surface area contributed by atoms with E-state index >= 15 is 0 Å². The summed E-state index contributed by atoms with van der Waals surface area (Å²) in [6, 6.07) is 3.07. The molecular weight excluding hydrogens is 298 g/mol. The second-order valence-corrected chi connectivity index (χ2v) is 8.43. The first kappa shape index (κ1) is 17.7. The minimum Gasteiger partial charge on any atom is -0.326 e. The highest BCUT2D eigenvalue weighted by Crippen LogP contribution is 2.39. The van der Waals surface area contributed by atoms with Crippen LogP contribution in [0.2, 0.25) is 0 Å². The average molecular weight is 332 g/mol. The lowest BCUT2D eigenvalue weighted by Gasteiger charge is -2.48. The summed E-state index contributed by atoms with van der Waals surface area (Å²) in [5.74, 6) is 1.62. The van der Waals surface area contributed by atoms with E-state index in [2.05, 4.69) is 17.9 Å². The second-order valence-electron chi connectivity index (χ2n) is 8.43. The van der Waals surface area contributed by atoms with E-state index in [0.29, 0.717) is 18.5 Å². The molecule has 0 radical (unpaired) electrons. The van der Waals surface area contributed by atoms with Crippen LogP contribution in [0.3, 0.4) is 0 Å². The predicted octanol–water partition coefficient (Wildman–Crippen LogP) is 3.57. The summed E-state index contributed by atoms with van der Waals surface area (Å²) < 4.78 is 0. The molecule has 3 rings (SSSR count). The Labute approximate surface area is 147 Å². The molecule has 3 atom stereocenters. The zero-order chi connectivity index (χ0) is 17.2. The van der Waals surface area contributed by atoms with Gasteiger partial charge in [-0.2, -0.15) is 5.26 Å². The van der Waals surface area contributed by atoms with Crippen molar-refractivity contribution in [3.63, 3.8) is 0 Å². The molecule has 2 saturated carbocycles. The summed E-state index contributed by atoms with van der Waals surface area (Å²) in [6.45, 7) is 3.91. The molecule has 0 spiro atoms. The van der Waals surface area contributed by atoms with E-state index in [-0.39, 0.29) is 5.91 Å². The fourth-order valence-electron chi connectivity index (χ4n) is 5.55. The monoisotopic (exact) mass is 331 g/mol. The second kappa shape index (κ2) is 7.44. The zero-order valence-corrected chi connectivity index (χ0v) is 15.5. The van der Waals surface area contributed by atoms with Gasteiger partial charge in [-0.3, -0.25) is 9.69 Å². The van der Waals surface area contributed by atoms with Gasteiger partial charge in [0.1, 0.15) is 5.54 Å². The molecule has 2 aliphatic carbocycles. The lowest BCUT2D eigenvalue weighted by molar-refractivity contribution is -0.138. The quantitative estimate of drug-likeness (QED) is 0.794. The molecule has 4 heteroatoms. The fourth-order valence-corrected chi connectivity index (χ4v) is 5.55. The number of hydrogen-bond donors (Lipinski definition) is 0. The summed E-state index contributed by atoms with van der Waals surface area (Å²) in [5.41, 5.74) is -0.553. The van der Waals surface area contributed by atoms with Crippen molar-refractivity contribution in [3.8, 4) is 6.07 Å². The van der Waals surface area contributed by atoms with E-state index in [4.69, 9.17) is 0 Å². The average Bonchev–Trinajstić information content (AvgIpc) is 2.62. The van der Waals surface area contributed by atoms with Gasteiger partial charge in [-0.15, -0.1) is 0 Å². The summed E-state index contributed by atoms with van der Waals surface area (Å²) in [5, 5.41) is 9.74. The number of carbonyl (C=O) groups excluding carboxylic acids is 1. The normalized spacial score (nSPS) is 33.3. The van der Waals surface area contributed by atoms with Crippen LogP contribution in [0, 0.1) is 23.2 Å². The Hall–Kier alpha value is -1.08. The Morgan fingerprint density at radius 2 is 1.88 bits per heavy atom. The third-order valence-corrected chi connectivity index (χ3v) is 6.99. The Morgan fingerprint density at radius 3 is 2.58 bits per heavy atom. The number of piperidine rings is 1. The first-order chi connectivity index (χ1) is 11.6. The third kappa shape index (κ3) is 3.33. The Kier molecular flexibility index (Phi) is 5.49. The van der Waals surface area contributed by atoms with Gasteiger partial charge in [-0.25, -0.2) is 0 Å². The van der Waals surface area contributed by atoms with Gasteiger partial charge in [0.15, 0.2) is 0 Å². The van der Waals surface area contributed by atoms with Gasteiger partial charge in [0.2, 0.25) is 5.91 Å². The minimum absolute atomic E-state index is 0.150. The first-order valence-corrected chi connectivity index (χ1v) is 9.99. The van der Waals surface area contributed by atoms with Crippen molar-refractivity contribution >= 4 is 5.91 Å². The smallest absolute Gasteiger partial charge is 0.237 e. The number of nitrogens with zero attached hydrogens (tertiary/aromatic N) is 3. The number of hydrogen-bond acceptors (Lipinski definition) is 3. The summed E-state index contributed by atoms with van der Waals surface area (Å²) in [6.07, 6.45) is 11.5. The van der Waals surface area contributed by atoms with Crippen LogP contribution in [0.25, 0.3) is 0 Å². The van der Waals surface area contributed by atoms with Crippen molar-refractivity contribution in [2.45, 2.75) is 82.7 Å². The van der Waals surface area contributed by atoms with Gasteiger partial charge < -0.3 is 4.90 Å². The first-order valence-electron chi connectivity index (χ1n) is 9.99. The van der Waals surface area contributed by atoms with Gasteiger partial charge in [0.25, 0.3) is 0 Å². The number of rotatable bonds is 3. The van der Waals surface area contributed by atoms with Crippen LogP contribution in [0.4, 0.5) is 0 Å². The largest absolute Gasteiger partial charge is 0.326 e. The molecule has 0 N–H and O–H groups in total. The molecule has 0 unspecified atom stereocenters. The van der Waals surface area contributed by atoms with Gasteiger partial charge in [-0.1, -0.05) is 32.6 Å². The molecule has 3 aliphatic rings. The van der Waals surface area contributed by atoms with Gasteiger partial charge in [0.05, 0.1) is 12.6 Å². The molecule has 0 aromatic carbocycles. The number of nitriles is 1. The summed E-state index contributed by atoms with van der Waals surface area (Å²) in [7, 11) is 1.86. The number of amides is 1. The van der Waals surface area contributed by atoms with E-state index in [1.54, 1.807) is 4.90 Å². The number of carbonyl (C=O) groups is 1. The molecule has 0 bridgehead atoms.